The highest BCUT2D eigenvalue weighted by Gasteiger charge is 2.27. The zero-order chi connectivity index (χ0) is 21.3. The molecule has 1 aliphatic heterocycles. The van der Waals surface area contributed by atoms with Crippen LogP contribution in [0.15, 0.2) is 53.5 Å². The van der Waals surface area contributed by atoms with E-state index in [0.29, 0.717) is 30.5 Å². The molecule has 0 bridgehead atoms. The van der Waals surface area contributed by atoms with Crippen LogP contribution >= 0.6 is 0 Å². The van der Waals surface area contributed by atoms with Crippen molar-refractivity contribution >= 4 is 5.96 Å². The predicted molar refractivity (Wildman–Crippen MR) is 114 cm³/mol. The third kappa shape index (κ3) is 6.16. The number of guanidine groups is 1. The van der Waals surface area contributed by atoms with Crippen molar-refractivity contribution < 1.29 is 18.3 Å². The highest BCUT2D eigenvalue weighted by molar-refractivity contribution is 5.79. The van der Waals surface area contributed by atoms with Crippen LogP contribution in [0.2, 0.25) is 0 Å². The Kier molecular flexibility index (Phi) is 8.02. The van der Waals surface area contributed by atoms with Gasteiger partial charge in [0.2, 0.25) is 0 Å². The van der Waals surface area contributed by atoms with Gasteiger partial charge in [-0.3, -0.25) is 4.99 Å². The largest absolute Gasteiger partial charge is 0.434 e. The maximum Gasteiger partial charge on any atom is 0.387 e. The molecular formula is C23H29F2N3O2. The molecule has 5 nitrogen and oxygen atoms in total. The fourth-order valence-electron chi connectivity index (χ4n) is 3.67. The molecule has 2 atom stereocenters. The zero-order valence-electron chi connectivity index (χ0n) is 17.4. The first kappa shape index (κ1) is 22.0. The second-order valence-corrected chi connectivity index (χ2v) is 7.40. The number of para-hydroxylation sites is 1. The van der Waals surface area contributed by atoms with Crippen molar-refractivity contribution in [3.63, 3.8) is 0 Å². The van der Waals surface area contributed by atoms with Crippen LogP contribution in [0.5, 0.6) is 5.75 Å². The lowest BCUT2D eigenvalue weighted by atomic mass is 9.89. The summed E-state index contributed by atoms with van der Waals surface area (Å²) in [7, 11) is 1.69. The number of aryl methyl sites for hydroxylation is 1. The number of hydrogen-bond acceptors (Lipinski definition) is 3. The van der Waals surface area contributed by atoms with Crippen LogP contribution in [-0.4, -0.2) is 32.8 Å². The molecule has 3 rings (SSSR count). The molecule has 2 N–H and O–H groups in total. The van der Waals surface area contributed by atoms with Gasteiger partial charge in [-0.05, 0) is 31.4 Å². The normalized spacial score (nSPS) is 19.6. The van der Waals surface area contributed by atoms with E-state index in [4.69, 9.17) is 4.74 Å². The molecular weight excluding hydrogens is 388 g/mol. The average molecular weight is 418 g/mol. The summed E-state index contributed by atoms with van der Waals surface area (Å²) in [6.07, 6.45) is 2.14. The molecule has 0 saturated carbocycles. The second-order valence-electron chi connectivity index (χ2n) is 7.40. The number of alkyl halides is 2. The summed E-state index contributed by atoms with van der Waals surface area (Å²) in [5, 5.41) is 6.52. The molecule has 7 heteroatoms. The maximum absolute atomic E-state index is 12.6. The van der Waals surface area contributed by atoms with Crippen molar-refractivity contribution in [2.45, 2.75) is 39.0 Å². The Morgan fingerprint density at radius 3 is 2.67 bits per heavy atom. The van der Waals surface area contributed by atoms with E-state index in [1.807, 2.05) is 0 Å². The summed E-state index contributed by atoms with van der Waals surface area (Å²) < 4.78 is 35.9. The third-order valence-electron chi connectivity index (χ3n) is 5.24. The zero-order valence-corrected chi connectivity index (χ0v) is 17.4. The summed E-state index contributed by atoms with van der Waals surface area (Å²) in [5.74, 6) is 1.08. The summed E-state index contributed by atoms with van der Waals surface area (Å²) in [6, 6.07) is 15.2. The molecule has 0 aliphatic carbocycles. The van der Waals surface area contributed by atoms with E-state index < -0.39 is 6.61 Å². The highest BCUT2D eigenvalue weighted by atomic mass is 19.3. The Bertz CT molecular complexity index is 827. The molecule has 0 spiro atoms. The second kappa shape index (κ2) is 10.9. The number of halogens is 2. The Labute approximate surface area is 176 Å². The van der Waals surface area contributed by atoms with E-state index in [2.05, 4.69) is 51.6 Å². The van der Waals surface area contributed by atoms with Crippen molar-refractivity contribution in [1.29, 1.82) is 0 Å². The fraction of sp³-hybridized carbons (Fsp3) is 0.435. The quantitative estimate of drug-likeness (QED) is 0.517. The van der Waals surface area contributed by atoms with Crippen LogP contribution in [0.3, 0.4) is 0 Å². The summed E-state index contributed by atoms with van der Waals surface area (Å²) >= 11 is 0. The maximum atomic E-state index is 12.6. The molecule has 2 unspecified atom stereocenters. The lowest BCUT2D eigenvalue weighted by Crippen LogP contribution is -2.41. The van der Waals surface area contributed by atoms with Crippen molar-refractivity contribution in [3.05, 3.63) is 65.2 Å². The number of nitrogens with one attached hydrogen (secondary N) is 2. The van der Waals surface area contributed by atoms with Gasteiger partial charge in [0.25, 0.3) is 0 Å². The van der Waals surface area contributed by atoms with Crippen LogP contribution in [-0.2, 0) is 11.3 Å². The van der Waals surface area contributed by atoms with Crippen LogP contribution < -0.4 is 15.4 Å². The molecule has 0 amide bonds. The SMILES string of the molecule is CN=C(NCc1ccccc1OC(F)F)NCC1CCCOC1c1ccc(C)cc1. The molecule has 2 aromatic carbocycles. The van der Waals surface area contributed by atoms with Gasteiger partial charge in [-0.15, -0.1) is 0 Å². The average Bonchev–Trinajstić information content (AvgIpc) is 2.75. The van der Waals surface area contributed by atoms with Gasteiger partial charge in [0.05, 0.1) is 6.10 Å². The van der Waals surface area contributed by atoms with Gasteiger partial charge in [-0.2, -0.15) is 8.78 Å². The van der Waals surface area contributed by atoms with E-state index in [0.717, 1.165) is 19.4 Å². The van der Waals surface area contributed by atoms with Crippen LogP contribution in [0.25, 0.3) is 0 Å². The molecule has 1 fully saturated rings. The van der Waals surface area contributed by atoms with Crippen molar-refractivity contribution in [2.24, 2.45) is 10.9 Å². The van der Waals surface area contributed by atoms with Crippen LogP contribution in [0, 0.1) is 12.8 Å². The summed E-state index contributed by atoms with van der Waals surface area (Å²) in [5.41, 5.74) is 3.05. The number of aliphatic imine (C=N–C) groups is 1. The Balaban J connectivity index is 1.57. The van der Waals surface area contributed by atoms with E-state index in [9.17, 15) is 8.78 Å². The molecule has 30 heavy (non-hydrogen) atoms. The van der Waals surface area contributed by atoms with Gasteiger partial charge < -0.3 is 20.1 Å². The Morgan fingerprint density at radius 1 is 1.17 bits per heavy atom. The van der Waals surface area contributed by atoms with Crippen LogP contribution in [0.1, 0.15) is 35.6 Å². The fourth-order valence-corrected chi connectivity index (χ4v) is 3.67. The first-order valence-corrected chi connectivity index (χ1v) is 10.2. The minimum Gasteiger partial charge on any atom is -0.434 e. The van der Waals surface area contributed by atoms with Gasteiger partial charge in [0, 0.05) is 38.2 Å². The molecule has 162 valence electrons. The van der Waals surface area contributed by atoms with Gasteiger partial charge in [-0.25, -0.2) is 0 Å². The number of benzene rings is 2. The number of nitrogens with zero attached hydrogens (tertiary/aromatic N) is 1. The topological polar surface area (TPSA) is 54.9 Å². The lowest BCUT2D eigenvalue weighted by molar-refractivity contribution is -0.0504. The molecule has 1 saturated heterocycles. The number of ether oxygens (including phenoxy) is 2. The van der Waals surface area contributed by atoms with Gasteiger partial charge >= 0.3 is 6.61 Å². The minimum atomic E-state index is -2.85. The van der Waals surface area contributed by atoms with E-state index in [1.165, 1.54) is 17.2 Å². The van der Waals surface area contributed by atoms with Crippen molar-refractivity contribution in [1.82, 2.24) is 10.6 Å². The van der Waals surface area contributed by atoms with Crippen molar-refractivity contribution in [3.8, 4) is 5.75 Å². The molecule has 1 aliphatic rings. The lowest BCUT2D eigenvalue weighted by Gasteiger charge is -2.32. The number of rotatable bonds is 7. The molecule has 0 radical (unpaired) electrons. The first-order valence-electron chi connectivity index (χ1n) is 10.2. The Hall–Kier alpha value is -2.67. The summed E-state index contributed by atoms with van der Waals surface area (Å²) in [4.78, 5) is 4.25. The molecule has 1 heterocycles. The van der Waals surface area contributed by atoms with E-state index >= 15 is 0 Å². The van der Waals surface area contributed by atoms with Gasteiger partial charge in [-0.1, -0.05) is 48.0 Å². The van der Waals surface area contributed by atoms with E-state index in [1.54, 1.807) is 25.2 Å². The highest BCUT2D eigenvalue weighted by Crippen LogP contribution is 2.33. The number of hydrogen-bond donors (Lipinski definition) is 2. The standard InChI is InChI=1S/C23H29F2N3O2/c1-16-9-11-17(12-10-16)21-19(7-5-13-29-21)15-28-23(26-2)27-14-18-6-3-4-8-20(18)30-22(24)25/h3-4,6,8-12,19,21-22H,5,7,13-15H2,1-2H3,(H2,26,27,28). The predicted octanol–water partition coefficient (Wildman–Crippen LogP) is 4.43. The minimum absolute atomic E-state index is 0.0464. The van der Waals surface area contributed by atoms with Crippen molar-refractivity contribution in [2.75, 3.05) is 20.2 Å². The first-order chi connectivity index (χ1) is 14.6. The van der Waals surface area contributed by atoms with Gasteiger partial charge in [0.1, 0.15) is 5.75 Å². The van der Waals surface area contributed by atoms with Gasteiger partial charge in [0.15, 0.2) is 5.96 Å². The van der Waals surface area contributed by atoms with Crippen LogP contribution in [0.4, 0.5) is 8.78 Å². The smallest absolute Gasteiger partial charge is 0.387 e. The summed E-state index contributed by atoms with van der Waals surface area (Å²) in [6.45, 7) is 1.01. The Morgan fingerprint density at radius 2 is 1.93 bits per heavy atom. The monoisotopic (exact) mass is 417 g/mol. The third-order valence-corrected chi connectivity index (χ3v) is 5.24. The molecule has 0 aromatic heterocycles. The molecule has 2 aromatic rings. The van der Waals surface area contributed by atoms with E-state index in [-0.39, 0.29) is 11.9 Å².